The summed E-state index contributed by atoms with van der Waals surface area (Å²) in [6.07, 6.45) is 0. The zero-order chi connectivity index (χ0) is 33.9. The molecule has 0 radical (unpaired) electrons. The van der Waals surface area contributed by atoms with Gasteiger partial charge in [-0.25, -0.2) is 0 Å². The molecule has 0 spiro atoms. The van der Waals surface area contributed by atoms with E-state index in [9.17, 15) is 0 Å². The van der Waals surface area contributed by atoms with Crippen LogP contribution in [0, 0.1) is 0 Å². The van der Waals surface area contributed by atoms with E-state index in [0.717, 1.165) is 0 Å². The van der Waals surface area contributed by atoms with Crippen LogP contribution >= 0.6 is 0 Å². The topological polar surface area (TPSA) is 9.86 Å². The number of aromatic nitrogens is 2. The third kappa shape index (κ3) is 3.78. The molecule has 1 aliphatic rings. The first-order valence-electron chi connectivity index (χ1n) is 18.0. The number of hydrogen-bond donors (Lipinski definition) is 0. The molecule has 0 bridgehead atoms. The highest BCUT2D eigenvalue weighted by atomic mass is 15.0. The normalized spacial score (nSPS) is 12.2. The van der Waals surface area contributed by atoms with E-state index < -0.39 is 0 Å². The molecule has 11 aromatic rings. The van der Waals surface area contributed by atoms with Crippen LogP contribution in [0.25, 0.3) is 110 Å². The number of hydrogen-bond acceptors (Lipinski definition) is 0. The molecule has 0 saturated heterocycles. The Bertz CT molecular complexity index is 3290. The predicted molar refractivity (Wildman–Crippen MR) is 220 cm³/mol. The lowest BCUT2D eigenvalue weighted by Crippen LogP contribution is -1.94. The highest BCUT2D eigenvalue weighted by molar-refractivity contribution is 6.16. The summed E-state index contributed by atoms with van der Waals surface area (Å²) in [4.78, 5) is 0. The van der Waals surface area contributed by atoms with Gasteiger partial charge in [0.05, 0.1) is 22.1 Å². The molecule has 2 heterocycles. The first kappa shape index (κ1) is 27.9. The molecule has 240 valence electrons. The van der Waals surface area contributed by atoms with Crippen molar-refractivity contribution in [3.05, 3.63) is 182 Å². The van der Waals surface area contributed by atoms with Gasteiger partial charge in [0.15, 0.2) is 0 Å². The maximum Gasteiger partial charge on any atom is 0.0541 e. The molecule has 0 unspecified atom stereocenters. The molecule has 0 fully saturated rings. The number of nitrogens with zero attached hydrogens (tertiary/aromatic N) is 2. The third-order valence-corrected chi connectivity index (χ3v) is 11.4. The fourth-order valence-electron chi connectivity index (χ4n) is 9.10. The molecule has 12 rings (SSSR count). The van der Waals surface area contributed by atoms with E-state index in [1.54, 1.807) is 0 Å². The first-order chi connectivity index (χ1) is 25.8. The molecule has 1 aliphatic carbocycles. The van der Waals surface area contributed by atoms with Gasteiger partial charge in [0.2, 0.25) is 0 Å². The average molecular weight is 659 g/mol. The Hall–Kier alpha value is -6.90. The largest absolute Gasteiger partial charge is 0.309 e. The van der Waals surface area contributed by atoms with Gasteiger partial charge in [-0.05, 0) is 116 Å². The number of fused-ring (bicyclic) bond motifs is 10. The number of rotatable bonds is 3. The fraction of sp³-hybridized carbons (Fsp3) is 0. The third-order valence-electron chi connectivity index (χ3n) is 11.4. The quantitative estimate of drug-likeness (QED) is 0.179. The molecule has 2 heteroatoms. The van der Waals surface area contributed by atoms with Crippen molar-refractivity contribution in [3.63, 3.8) is 0 Å². The van der Waals surface area contributed by atoms with Crippen LogP contribution in [0.1, 0.15) is 0 Å². The van der Waals surface area contributed by atoms with Crippen LogP contribution in [0.5, 0.6) is 0 Å². The molecule has 0 amide bonds. The second kappa shape index (κ2) is 10.3. The van der Waals surface area contributed by atoms with Crippen molar-refractivity contribution in [2.75, 3.05) is 0 Å². The van der Waals surface area contributed by atoms with Crippen molar-refractivity contribution in [1.29, 1.82) is 0 Å². The molecular weight excluding hydrogens is 629 g/mol. The van der Waals surface area contributed by atoms with Crippen LogP contribution in [0.2, 0.25) is 0 Å². The van der Waals surface area contributed by atoms with Gasteiger partial charge in [-0.15, -0.1) is 0 Å². The predicted octanol–water partition coefficient (Wildman–Crippen LogP) is 13.5. The maximum atomic E-state index is 2.44. The Morgan fingerprint density at radius 3 is 1.46 bits per heavy atom. The summed E-state index contributed by atoms with van der Waals surface area (Å²) >= 11 is 0. The van der Waals surface area contributed by atoms with Crippen molar-refractivity contribution in [2.45, 2.75) is 0 Å². The van der Waals surface area contributed by atoms with Gasteiger partial charge in [0.1, 0.15) is 0 Å². The van der Waals surface area contributed by atoms with Crippen molar-refractivity contribution < 1.29 is 0 Å². The minimum Gasteiger partial charge on any atom is -0.309 e. The summed E-state index contributed by atoms with van der Waals surface area (Å²) in [6, 6.07) is 67.3. The summed E-state index contributed by atoms with van der Waals surface area (Å²) in [5, 5.41) is 10.2. The molecule has 0 atom stereocenters. The first-order valence-corrected chi connectivity index (χ1v) is 18.0. The van der Waals surface area contributed by atoms with Gasteiger partial charge < -0.3 is 9.13 Å². The van der Waals surface area contributed by atoms with Crippen molar-refractivity contribution >= 4 is 65.2 Å². The number of benzene rings is 9. The summed E-state index contributed by atoms with van der Waals surface area (Å²) in [7, 11) is 0. The summed E-state index contributed by atoms with van der Waals surface area (Å²) in [5.41, 5.74) is 15.0. The zero-order valence-electron chi connectivity index (χ0n) is 28.2. The maximum absolute atomic E-state index is 2.44. The molecule has 9 aromatic carbocycles. The second-order valence-electron chi connectivity index (χ2n) is 14.1. The Labute approximate surface area is 300 Å². The van der Waals surface area contributed by atoms with E-state index in [2.05, 4.69) is 191 Å². The zero-order valence-corrected chi connectivity index (χ0v) is 28.2. The molecule has 0 saturated carbocycles. The van der Waals surface area contributed by atoms with Crippen molar-refractivity contribution in [3.8, 4) is 44.8 Å². The van der Waals surface area contributed by atoms with Crippen LogP contribution in [0.4, 0.5) is 0 Å². The highest BCUT2D eigenvalue weighted by Crippen LogP contribution is 2.48. The van der Waals surface area contributed by atoms with Crippen LogP contribution in [0.15, 0.2) is 182 Å². The molecule has 2 nitrogen and oxygen atoms in total. The molecule has 2 aromatic heterocycles. The smallest absolute Gasteiger partial charge is 0.0541 e. The molecular formula is C50H30N2. The Balaban J connectivity index is 1.03. The van der Waals surface area contributed by atoms with E-state index in [1.807, 2.05) is 0 Å². The van der Waals surface area contributed by atoms with Crippen LogP contribution in [0.3, 0.4) is 0 Å². The fourth-order valence-corrected chi connectivity index (χ4v) is 9.10. The number of para-hydroxylation sites is 2. The van der Waals surface area contributed by atoms with Gasteiger partial charge in [0.25, 0.3) is 0 Å². The van der Waals surface area contributed by atoms with E-state index in [4.69, 9.17) is 0 Å². The van der Waals surface area contributed by atoms with Gasteiger partial charge in [-0.1, -0.05) is 121 Å². The monoisotopic (exact) mass is 658 g/mol. The van der Waals surface area contributed by atoms with Crippen molar-refractivity contribution in [2.24, 2.45) is 0 Å². The van der Waals surface area contributed by atoms with E-state index in [-0.39, 0.29) is 0 Å². The molecule has 0 N–H and O–H groups in total. The van der Waals surface area contributed by atoms with E-state index in [1.165, 1.54) is 110 Å². The lowest BCUT2D eigenvalue weighted by Gasteiger charge is -2.11. The summed E-state index contributed by atoms with van der Waals surface area (Å²) < 4.78 is 4.85. The van der Waals surface area contributed by atoms with Gasteiger partial charge in [0, 0.05) is 32.9 Å². The SMILES string of the molecule is c1ccc2cc(-n3c4ccccc4c4cc(-c5ccc6c(c5)c5ccccc5n6-c5ccc6c(c5)-c5cccc7cccc-6c57)ccc43)ccc2c1. The van der Waals surface area contributed by atoms with Crippen LogP contribution in [-0.4, -0.2) is 9.13 Å². The van der Waals surface area contributed by atoms with Gasteiger partial charge in [-0.3, -0.25) is 0 Å². The summed E-state index contributed by atoms with van der Waals surface area (Å²) in [6.45, 7) is 0. The van der Waals surface area contributed by atoms with Crippen LogP contribution in [-0.2, 0) is 0 Å². The lowest BCUT2D eigenvalue weighted by molar-refractivity contribution is 1.18. The Morgan fingerprint density at radius 1 is 0.269 bits per heavy atom. The average Bonchev–Trinajstić information content (AvgIpc) is 3.84. The van der Waals surface area contributed by atoms with Crippen LogP contribution < -0.4 is 0 Å². The van der Waals surface area contributed by atoms with E-state index >= 15 is 0 Å². The van der Waals surface area contributed by atoms with Crippen molar-refractivity contribution in [1.82, 2.24) is 9.13 Å². The summed E-state index contributed by atoms with van der Waals surface area (Å²) in [5.74, 6) is 0. The minimum atomic E-state index is 1.18. The molecule has 0 aliphatic heterocycles. The highest BCUT2D eigenvalue weighted by Gasteiger charge is 2.23. The van der Waals surface area contributed by atoms with Gasteiger partial charge >= 0.3 is 0 Å². The lowest BCUT2D eigenvalue weighted by atomic mass is 10.0. The van der Waals surface area contributed by atoms with E-state index in [0.29, 0.717) is 0 Å². The standard InChI is InChI=1S/C50H30N2/c1-2-10-33-27-36(22-19-31(33)9-1)51-46-17-5-3-13-39(46)44-28-34(20-25-48(44)51)35-21-26-49-45(29-35)40-14-4-6-18-47(40)52(49)37-23-24-38-41-15-7-11-32-12-8-16-42(50(32)41)43(38)30-37/h1-30H. The Morgan fingerprint density at radius 2 is 0.788 bits per heavy atom. The molecule has 52 heavy (non-hydrogen) atoms. The minimum absolute atomic E-state index is 1.18. The Kier molecular flexibility index (Phi) is 5.53. The van der Waals surface area contributed by atoms with Gasteiger partial charge in [-0.2, -0.15) is 0 Å². The second-order valence-corrected chi connectivity index (χ2v) is 14.1.